The highest BCUT2D eigenvalue weighted by atomic mass is 15.3. The van der Waals surface area contributed by atoms with Gasteiger partial charge in [-0.2, -0.15) is 4.98 Å². The fourth-order valence-corrected chi connectivity index (χ4v) is 3.68. The van der Waals surface area contributed by atoms with Gasteiger partial charge in [0.1, 0.15) is 5.82 Å². The third kappa shape index (κ3) is 2.77. The van der Waals surface area contributed by atoms with Crippen molar-refractivity contribution in [2.45, 2.75) is 34.1 Å². The first-order chi connectivity index (χ1) is 11.4. The van der Waals surface area contributed by atoms with Crippen molar-refractivity contribution in [2.24, 2.45) is 0 Å². The van der Waals surface area contributed by atoms with Gasteiger partial charge in [-0.15, -0.1) is 6.58 Å². The minimum Gasteiger partial charge on any atom is -0.359 e. The van der Waals surface area contributed by atoms with Crippen LogP contribution < -0.4 is 9.80 Å². The van der Waals surface area contributed by atoms with Crippen LogP contribution in [0.1, 0.15) is 27.9 Å². The first kappa shape index (κ1) is 16.5. The first-order valence-corrected chi connectivity index (χ1v) is 8.47. The van der Waals surface area contributed by atoms with Gasteiger partial charge in [0.15, 0.2) is 0 Å². The molecule has 4 nitrogen and oxygen atoms in total. The molecule has 0 saturated heterocycles. The number of aromatic nitrogens is 2. The van der Waals surface area contributed by atoms with Gasteiger partial charge in [0.2, 0.25) is 5.95 Å². The maximum atomic E-state index is 4.89. The second kappa shape index (κ2) is 6.27. The molecule has 0 saturated carbocycles. The molecule has 0 unspecified atom stereocenters. The minimum absolute atomic E-state index is 0.687. The Morgan fingerprint density at radius 1 is 1.17 bits per heavy atom. The Morgan fingerprint density at radius 2 is 1.83 bits per heavy atom. The van der Waals surface area contributed by atoms with E-state index in [0.29, 0.717) is 6.54 Å². The van der Waals surface area contributed by atoms with Gasteiger partial charge in [0.25, 0.3) is 0 Å². The van der Waals surface area contributed by atoms with Crippen molar-refractivity contribution < 1.29 is 0 Å². The summed E-state index contributed by atoms with van der Waals surface area (Å²) in [6.45, 7) is 14.2. The summed E-state index contributed by atoms with van der Waals surface area (Å²) < 4.78 is 0. The van der Waals surface area contributed by atoms with Crippen LogP contribution in [0.2, 0.25) is 0 Å². The molecule has 1 aliphatic rings. The van der Waals surface area contributed by atoms with Crippen LogP contribution in [0.15, 0.2) is 24.8 Å². The topological polar surface area (TPSA) is 32.3 Å². The van der Waals surface area contributed by atoms with Crippen molar-refractivity contribution >= 4 is 17.5 Å². The van der Waals surface area contributed by atoms with Crippen LogP contribution in [0.3, 0.4) is 0 Å². The molecule has 2 aromatic rings. The van der Waals surface area contributed by atoms with E-state index in [0.717, 1.165) is 30.4 Å². The van der Waals surface area contributed by atoms with E-state index in [9.17, 15) is 0 Å². The van der Waals surface area contributed by atoms with Gasteiger partial charge in [-0.25, -0.2) is 4.98 Å². The molecular formula is C20H26N4. The van der Waals surface area contributed by atoms with Gasteiger partial charge in [-0.3, -0.25) is 0 Å². The van der Waals surface area contributed by atoms with Crippen LogP contribution in [0.5, 0.6) is 0 Å². The summed E-state index contributed by atoms with van der Waals surface area (Å²) in [5, 5.41) is 0. The summed E-state index contributed by atoms with van der Waals surface area (Å²) in [5.74, 6) is 1.82. The maximum Gasteiger partial charge on any atom is 0.232 e. The largest absolute Gasteiger partial charge is 0.359 e. The average Bonchev–Trinajstić information content (AvgIpc) is 2.87. The van der Waals surface area contributed by atoms with Crippen LogP contribution >= 0.6 is 0 Å². The molecule has 0 radical (unpaired) electrons. The highest BCUT2D eigenvalue weighted by Crippen LogP contribution is 2.34. The quantitative estimate of drug-likeness (QED) is 0.796. The predicted molar refractivity (Wildman–Crippen MR) is 102 cm³/mol. The molecule has 4 heteroatoms. The summed E-state index contributed by atoms with van der Waals surface area (Å²) in [6.07, 6.45) is 2.94. The molecule has 3 rings (SSSR count). The lowest BCUT2D eigenvalue weighted by Crippen LogP contribution is -2.23. The number of hydrogen-bond donors (Lipinski definition) is 0. The van der Waals surface area contributed by atoms with E-state index in [2.05, 4.69) is 63.3 Å². The van der Waals surface area contributed by atoms with Gasteiger partial charge in [0.05, 0.1) is 5.69 Å². The summed E-state index contributed by atoms with van der Waals surface area (Å²) in [4.78, 5) is 14.1. The number of fused-ring (bicyclic) bond motifs is 1. The monoisotopic (exact) mass is 322 g/mol. The van der Waals surface area contributed by atoms with E-state index < -0.39 is 0 Å². The molecule has 0 N–H and O–H groups in total. The lowest BCUT2D eigenvalue weighted by molar-refractivity contribution is 0.935. The van der Waals surface area contributed by atoms with E-state index in [-0.39, 0.29) is 0 Å². The zero-order chi connectivity index (χ0) is 17.4. The average molecular weight is 322 g/mol. The van der Waals surface area contributed by atoms with Crippen LogP contribution in [0.25, 0.3) is 0 Å². The number of hydrogen-bond acceptors (Lipinski definition) is 4. The molecular weight excluding hydrogens is 296 g/mol. The second-order valence-corrected chi connectivity index (χ2v) is 6.73. The zero-order valence-corrected chi connectivity index (χ0v) is 15.3. The van der Waals surface area contributed by atoms with Crippen LogP contribution in [0, 0.1) is 27.7 Å². The molecule has 126 valence electrons. The number of anilines is 3. The highest BCUT2D eigenvalue weighted by Gasteiger charge is 2.24. The fourth-order valence-electron chi connectivity index (χ4n) is 3.68. The molecule has 0 bridgehead atoms. The molecule has 24 heavy (non-hydrogen) atoms. The molecule has 1 aromatic carbocycles. The number of nitrogens with zero attached hydrogens (tertiary/aromatic N) is 4. The Bertz CT molecular complexity index is 771. The Labute approximate surface area is 144 Å². The summed E-state index contributed by atoms with van der Waals surface area (Å²) in [6, 6.07) is 4.43. The van der Waals surface area contributed by atoms with E-state index in [4.69, 9.17) is 9.97 Å². The highest BCUT2D eigenvalue weighted by molar-refractivity contribution is 5.69. The minimum atomic E-state index is 0.687. The molecule has 0 spiro atoms. The Kier molecular flexibility index (Phi) is 4.31. The molecule has 0 amide bonds. The fraction of sp³-hybridized carbons (Fsp3) is 0.400. The maximum absolute atomic E-state index is 4.89. The van der Waals surface area contributed by atoms with Crippen molar-refractivity contribution in [3.63, 3.8) is 0 Å². The van der Waals surface area contributed by atoms with Crippen molar-refractivity contribution in [3.05, 3.63) is 52.7 Å². The SMILES string of the molecule is C=CCN(c1nc(C)c2c(n1)N(C)CC2)c1c(C)cc(C)cc1C. The smallest absolute Gasteiger partial charge is 0.232 e. The number of rotatable bonds is 4. The molecule has 1 aliphatic heterocycles. The second-order valence-electron chi connectivity index (χ2n) is 6.73. The van der Waals surface area contributed by atoms with Crippen molar-refractivity contribution in [1.82, 2.24) is 9.97 Å². The Hall–Kier alpha value is -2.36. The normalized spacial score (nSPS) is 13.1. The molecule has 0 fully saturated rings. The molecule has 0 atom stereocenters. The summed E-state index contributed by atoms with van der Waals surface area (Å²) >= 11 is 0. The number of benzene rings is 1. The standard InChI is InChI=1S/C20H26N4/c1-7-9-24(18-14(3)11-13(2)12-15(18)4)20-21-16(5)17-8-10-23(6)19(17)22-20/h7,11-12H,1,8-10H2,2-6H3. The van der Waals surface area contributed by atoms with Gasteiger partial charge < -0.3 is 9.80 Å². The third-order valence-corrected chi connectivity index (χ3v) is 4.70. The van der Waals surface area contributed by atoms with Gasteiger partial charge in [0, 0.05) is 31.4 Å². The number of likely N-dealkylation sites (N-methyl/N-ethyl adjacent to an activating group) is 1. The Morgan fingerprint density at radius 3 is 2.46 bits per heavy atom. The van der Waals surface area contributed by atoms with E-state index in [1.165, 1.54) is 27.9 Å². The summed E-state index contributed by atoms with van der Waals surface area (Å²) in [5.41, 5.74) is 7.29. The van der Waals surface area contributed by atoms with Crippen molar-refractivity contribution in [3.8, 4) is 0 Å². The lowest BCUT2D eigenvalue weighted by Gasteiger charge is -2.27. The predicted octanol–water partition coefficient (Wildman–Crippen LogP) is 4.03. The van der Waals surface area contributed by atoms with Crippen molar-refractivity contribution in [2.75, 3.05) is 29.9 Å². The van der Waals surface area contributed by atoms with Gasteiger partial charge in [-0.05, 0) is 45.2 Å². The lowest BCUT2D eigenvalue weighted by atomic mass is 10.0. The van der Waals surface area contributed by atoms with E-state index in [1.807, 2.05) is 6.08 Å². The summed E-state index contributed by atoms with van der Waals surface area (Å²) in [7, 11) is 2.10. The number of aryl methyl sites for hydroxylation is 4. The van der Waals surface area contributed by atoms with Gasteiger partial charge >= 0.3 is 0 Å². The first-order valence-electron chi connectivity index (χ1n) is 8.47. The van der Waals surface area contributed by atoms with Crippen molar-refractivity contribution in [1.29, 1.82) is 0 Å². The van der Waals surface area contributed by atoms with Crippen LogP contribution in [0.4, 0.5) is 17.5 Å². The Balaban J connectivity index is 2.15. The molecule has 2 heterocycles. The van der Waals surface area contributed by atoms with E-state index in [1.54, 1.807) is 0 Å². The van der Waals surface area contributed by atoms with Gasteiger partial charge in [-0.1, -0.05) is 23.8 Å². The van der Waals surface area contributed by atoms with Crippen LogP contribution in [-0.2, 0) is 6.42 Å². The molecule has 0 aliphatic carbocycles. The van der Waals surface area contributed by atoms with Crippen LogP contribution in [-0.4, -0.2) is 30.1 Å². The molecule has 1 aromatic heterocycles. The third-order valence-electron chi connectivity index (χ3n) is 4.70. The zero-order valence-electron chi connectivity index (χ0n) is 15.3. The van der Waals surface area contributed by atoms with E-state index >= 15 is 0 Å².